The number of H-pyrrole nitrogens is 4. The highest BCUT2D eigenvalue weighted by Crippen LogP contribution is 2.39. The molecule has 2 saturated heterocycles. The molecule has 4 aromatic carbocycles. The molecule has 137 heavy (non-hydrogen) atoms. The quantitative estimate of drug-likeness (QED) is 0.0317. The number of urea groups is 1. The summed E-state index contributed by atoms with van der Waals surface area (Å²) in [5.74, 6) is 2.14. The largest absolute Gasteiger partial charge is 0.450 e. The number of rotatable bonds is 20. The van der Waals surface area contributed by atoms with Crippen LogP contribution in [-0.4, -0.2) is 197 Å². The fourth-order valence-electron chi connectivity index (χ4n) is 15.7. The van der Waals surface area contributed by atoms with Gasteiger partial charge in [0.25, 0.3) is 28.5 Å². The second kappa shape index (κ2) is 41.7. The van der Waals surface area contributed by atoms with Crippen molar-refractivity contribution in [3.05, 3.63) is 261 Å². The molecule has 11 N–H and O–H groups in total. The van der Waals surface area contributed by atoms with Crippen molar-refractivity contribution in [2.75, 3.05) is 79.5 Å². The van der Waals surface area contributed by atoms with Gasteiger partial charge in [-0.25, -0.2) is 69.0 Å². The van der Waals surface area contributed by atoms with Gasteiger partial charge in [0.05, 0.1) is 87.2 Å². The minimum absolute atomic E-state index is 0.0150. The van der Waals surface area contributed by atoms with Crippen LogP contribution >= 0.6 is 0 Å². The normalized spacial score (nSPS) is 12.4. The van der Waals surface area contributed by atoms with E-state index < -0.39 is 18.3 Å². The van der Waals surface area contributed by atoms with E-state index in [0.29, 0.717) is 113 Å². The van der Waals surface area contributed by atoms with Gasteiger partial charge in [-0.05, 0) is 221 Å². The zero-order chi connectivity index (χ0) is 95.9. The maximum Gasteiger partial charge on any atom is 0.413 e. The summed E-state index contributed by atoms with van der Waals surface area (Å²) in [5.41, 5.74) is 23.0. The Morgan fingerprint density at radius 3 is 1.17 bits per heavy atom. The number of carbonyl (C=O) groups excluding carboxylic acids is 6. The van der Waals surface area contributed by atoms with Crippen molar-refractivity contribution in [2.45, 2.75) is 73.3 Å². The van der Waals surface area contributed by atoms with Crippen molar-refractivity contribution >= 4 is 110 Å². The van der Waals surface area contributed by atoms with Gasteiger partial charge in [-0.15, -0.1) is 0 Å². The fourth-order valence-corrected chi connectivity index (χ4v) is 15.7. The first kappa shape index (κ1) is 92.4. The van der Waals surface area contributed by atoms with Gasteiger partial charge in [0, 0.05) is 167 Å². The van der Waals surface area contributed by atoms with Crippen molar-refractivity contribution in [3.63, 3.8) is 0 Å². The van der Waals surface area contributed by atoms with E-state index in [0.717, 1.165) is 108 Å². The molecular formula is C97H94N28O12. The van der Waals surface area contributed by atoms with Gasteiger partial charge >= 0.3 is 24.3 Å². The van der Waals surface area contributed by atoms with Crippen LogP contribution in [0, 0.1) is 6.92 Å². The molecule has 0 bridgehead atoms. The summed E-state index contributed by atoms with van der Waals surface area (Å²) in [7, 11) is 3.39. The SMILES string of the molecule is CCNC(=O)Nc1nc2c(-c3ccc(C(=O)N4CCCC4)cn3)cc(-c3ccn(C)c(=O)c3)cc2[nH]1.CCOC(=O)Nc1nc2c(-c3ccc(C(=O)N4CCCC4)cn3)cc(-c3ccn(C)c(=O)c3)cc2[nH]1.CCOC(=O)Nc1nc2c(-c3ncccn3)cc(-c3cc(C)n([C@H](C)c4ccccn4)c(=O)c3)cc2[nH]1.CCOC(=O)Nc1nc2c(-c3ncccn3)cc(-c3cnc(N)nc3)cc2[nH]1. The monoisotopic (exact) mass is 1840 g/mol. The van der Waals surface area contributed by atoms with Crippen molar-refractivity contribution in [1.29, 1.82) is 0 Å². The Morgan fingerprint density at radius 2 is 0.788 bits per heavy atom. The van der Waals surface area contributed by atoms with E-state index in [9.17, 15) is 43.2 Å². The Hall–Kier alpha value is -17.9. The number of carbonyl (C=O) groups is 6. The minimum atomic E-state index is -0.618. The molecule has 0 spiro atoms. The average Bonchev–Trinajstić information content (AvgIpc) is 1.52. The van der Waals surface area contributed by atoms with Crippen LogP contribution in [-0.2, 0) is 28.3 Å². The van der Waals surface area contributed by atoms with E-state index in [1.54, 1.807) is 162 Å². The number of likely N-dealkylation sites (tertiary alicyclic amines) is 2. The first-order valence-corrected chi connectivity index (χ1v) is 44.1. The number of aromatic nitrogens is 20. The number of aromatic amines is 4. The van der Waals surface area contributed by atoms with Gasteiger partial charge < -0.3 is 68.7 Å². The fraction of sp³-hybridized carbons (Fsp3) is 0.216. The molecule has 2 fully saturated rings. The van der Waals surface area contributed by atoms with E-state index in [4.69, 9.17) is 19.9 Å². The number of nitrogens with two attached hydrogens (primary N) is 1. The lowest BCUT2D eigenvalue weighted by molar-refractivity contribution is 0.0784. The summed E-state index contributed by atoms with van der Waals surface area (Å²) in [6.07, 6.45) is 20.4. The lowest BCUT2D eigenvalue weighted by Crippen LogP contribution is -2.28. The zero-order valence-electron chi connectivity index (χ0n) is 75.7. The molecule has 2 aliphatic heterocycles. The molecule has 15 heterocycles. The molecule has 13 aromatic heterocycles. The van der Waals surface area contributed by atoms with Crippen LogP contribution in [0.1, 0.15) is 98.4 Å². The highest BCUT2D eigenvalue weighted by Gasteiger charge is 2.27. The molecule has 7 amide bonds. The predicted octanol–water partition coefficient (Wildman–Crippen LogP) is 14.5. The number of hydrogen-bond acceptors (Lipinski definition) is 26. The third kappa shape index (κ3) is 21.5. The van der Waals surface area contributed by atoms with E-state index >= 15 is 0 Å². The summed E-state index contributed by atoms with van der Waals surface area (Å²) in [4.78, 5) is 184. The molecular weight excluding hydrogens is 1750 g/mol. The molecule has 2 aliphatic rings. The standard InChI is InChI=1S/C27H25N7O3.C26H27N7O3.C26H26N6O4.C18H16N8O2/c1-4-37-27(36)33-26-31-22-14-19(13-20(24(22)32-26)25-29-10-7-11-30-25)18-12-16(2)34(23(35)15-18)17(3)21-8-5-6-9-28-21;1-3-27-26(36)31-25-29-21-13-18(16-8-11-32(2)22(34)14-16)12-19(23(21)30-25)20-7-6-17(15-28-20)24(35)33-9-4-5-10-33;1-3-36-26(35)30-25-28-21-13-18(16-8-11-31(2)22(33)14-16)12-19(23(21)29-25)20-7-6-17(15-27-20)24(34)32-9-4-5-10-32;1-2-28-18(27)26-17-24-13-7-10(11-8-22-16(19)23-9-11)6-12(14(13)25-17)15-20-4-3-5-21-15/h5-15,17H,4H2,1-3H3,(H2,31,32,33,36);6-8,11-15H,3-5,9-10H2,1-2H3,(H3,27,29,30,31,36);6-8,11-15H,3-5,9-10H2,1-2H3,(H2,28,29,30,35);3-9H,2H2,1H3,(H2,19,22,23)(H2,24,25,26,27)/t17-;;;/m1.../s1. The highest BCUT2D eigenvalue weighted by molar-refractivity contribution is 6.03. The topological polar surface area (TPSA) is 519 Å². The van der Waals surface area contributed by atoms with Crippen molar-refractivity contribution in [1.82, 2.24) is 114 Å². The van der Waals surface area contributed by atoms with E-state index in [1.807, 2.05) is 116 Å². The van der Waals surface area contributed by atoms with Crippen LogP contribution in [0.4, 0.5) is 48.9 Å². The number of ether oxygens (including phenoxy) is 3. The van der Waals surface area contributed by atoms with Gasteiger partial charge in [0.15, 0.2) is 11.6 Å². The first-order chi connectivity index (χ1) is 66.4. The maximum atomic E-state index is 13.3. The van der Waals surface area contributed by atoms with Gasteiger partial charge in [-0.2, -0.15) is 0 Å². The van der Waals surface area contributed by atoms with Gasteiger partial charge in [-0.1, -0.05) is 6.07 Å². The van der Waals surface area contributed by atoms with Crippen molar-refractivity contribution < 1.29 is 43.0 Å². The molecule has 0 radical (unpaired) electrons. The van der Waals surface area contributed by atoms with Crippen molar-refractivity contribution in [2.24, 2.45) is 14.1 Å². The third-order valence-corrected chi connectivity index (χ3v) is 22.4. The summed E-state index contributed by atoms with van der Waals surface area (Å²) in [6, 6.07) is 41.2. The molecule has 17 aromatic rings. The van der Waals surface area contributed by atoms with Gasteiger partial charge in [0.1, 0.15) is 11.0 Å². The lowest BCUT2D eigenvalue weighted by Gasteiger charge is -2.18. The first-order valence-electron chi connectivity index (χ1n) is 44.1. The lowest BCUT2D eigenvalue weighted by atomic mass is 10.00. The van der Waals surface area contributed by atoms with Crippen LogP contribution in [0.2, 0.25) is 0 Å². The number of benzene rings is 4. The Labute approximate surface area is 780 Å². The highest BCUT2D eigenvalue weighted by atomic mass is 16.6. The number of amides is 7. The number of imidazole rings is 4. The number of fused-ring (bicyclic) bond motifs is 4. The number of aryl methyl sites for hydroxylation is 3. The van der Waals surface area contributed by atoms with Crippen LogP contribution in [0.25, 0.3) is 134 Å². The van der Waals surface area contributed by atoms with Gasteiger partial charge in [0.2, 0.25) is 29.7 Å². The summed E-state index contributed by atoms with van der Waals surface area (Å²) < 4.78 is 19.5. The maximum absolute atomic E-state index is 13.3. The average molecular weight is 1840 g/mol. The van der Waals surface area contributed by atoms with Gasteiger partial charge in [-0.3, -0.25) is 60.2 Å². The molecule has 0 saturated carbocycles. The molecule has 694 valence electrons. The zero-order valence-corrected chi connectivity index (χ0v) is 75.7. The second-order valence-electron chi connectivity index (χ2n) is 31.6. The summed E-state index contributed by atoms with van der Waals surface area (Å²) >= 11 is 0. The number of pyridine rings is 6. The molecule has 19 rings (SSSR count). The molecule has 0 unspecified atom stereocenters. The Kier molecular flexibility index (Phi) is 28.1. The number of nitrogens with zero attached hydrogens (tertiary/aromatic N) is 18. The van der Waals surface area contributed by atoms with Crippen LogP contribution in [0.3, 0.4) is 0 Å². The number of anilines is 5. The molecule has 0 aliphatic carbocycles. The Morgan fingerprint density at radius 1 is 0.409 bits per heavy atom. The van der Waals surface area contributed by atoms with E-state index in [1.165, 1.54) is 9.13 Å². The minimum Gasteiger partial charge on any atom is -0.450 e. The van der Waals surface area contributed by atoms with Crippen LogP contribution in [0.15, 0.2) is 222 Å². The smallest absolute Gasteiger partial charge is 0.413 e. The molecule has 40 heteroatoms. The van der Waals surface area contributed by atoms with Crippen LogP contribution < -0.4 is 49.0 Å². The number of nitrogen functional groups attached to an aromatic ring is 1. The summed E-state index contributed by atoms with van der Waals surface area (Å²) in [6.45, 7) is 15.2. The predicted molar refractivity (Wildman–Crippen MR) is 517 cm³/mol. The Bertz CT molecular complexity index is 7290. The summed E-state index contributed by atoms with van der Waals surface area (Å²) in [5, 5.41) is 13.1. The second-order valence-corrected chi connectivity index (χ2v) is 31.6. The van der Waals surface area contributed by atoms with E-state index in [2.05, 4.69) is 111 Å². The number of nitrogens with one attached hydrogen (secondary N) is 9. The number of hydrogen-bond donors (Lipinski definition) is 10. The Balaban J connectivity index is 0.000000133. The molecule has 1 atom stereocenters. The molecule has 40 nitrogen and oxygen atoms in total. The van der Waals surface area contributed by atoms with E-state index in [-0.39, 0.29) is 84.2 Å². The third-order valence-electron chi connectivity index (χ3n) is 22.4. The van der Waals surface area contributed by atoms with Crippen LogP contribution in [0.5, 0.6) is 0 Å². The van der Waals surface area contributed by atoms with Crippen molar-refractivity contribution in [3.8, 4) is 89.8 Å².